The molecule has 0 spiro atoms. The molecule has 1 aliphatic rings. The Morgan fingerprint density at radius 3 is 3.22 bits per heavy atom. The molecule has 5 heteroatoms. The Morgan fingerprint density at radius 1 is 1.30 bits per heavy atom. The minimum absolute atomic E-state index is 0.497. The fraction of sp³-hybridized carbons (Fsp3) is 0.389. The van der Waals surface area contributed by atoms with Crippen LogP contribution in [0.3, 0.4) is 0 Å². The van der Waals surface area contributed by atoms with Gasteiger partial charge in [0.05, 0.1) is 30.7 Å². The van der Waals surface area contributed by atoms with E-state index in [0.717, 1.165) is 50.5 Å². The molecule has 2 aromatic heterocycles. The van der Waals surface area contributed by atoms with Crippen molar-refractivity contribution in [3.05, 3.63) is 52.7 Å². The molecular weight excluding hydrogens is 308 g/mol. The zero-order valence-electron chi connectivity index (χ0n) is 13.0. The molecule has 0 bridgehead atoms. The average Bonchev–Trinajstić information content (AvgIpc) is 3.18. The predicted molar refractivity (Wildman–Crippen MR) is 91.6 cm³/mol. The number of furan rings is 1. The molecule has 1 atom stereocenters. The van der Waals surface area contributed by atoms with Crippen LogP contribution < -0.4 is 0 Å². The van der Waals surface area contributed by atoms with Crippen LogP contribution >= 0.6 is 11.3 Å². The SMILES string of the molecule is c1cc(CC2COCCN(Cc3cscn3)C2)c2ccoc2c1. The van der Waals surface area contributed by atoms with Gasteiger partial charge >= 0.3 is 0 Å². The number of fused-ring (bicyclic) bond motifs is 1. The molecule has 0 aliphatic carbocycles. The third kappa shape index (κ3) is 3.47. The van der Waals surface area contributed by atoms with E-state index in [1.165, 1.54) is 10.9 Å². The summed E-state index contributed by atoms with van der Waals surface area (Å²) in [5.74, 6) is 0.497. The second-order valence-electron chi connectivity index (χ2n) is 6.11. The molecule has 4 rings (SSSR count). The lowest BCUT2D eigenvalue weighted by Crippen LogP contribution is -2.30. The number of ether oxygens (including phenoxy) is 1. The molecule has 4 nitrogen and oxygen atoms in total. The zero-order chi connectivity index (χ0) is 15.5. The highest BCUT2D eigenvalue weighted by molar-refractivity contribution is 7.07. The van der Waals surface area contributed by atoms with Crippen molar-refractivity contribution in [2.45, 2.75) is 13.0 Å². The molecule has 0 radical (unpaired) electrons. The van der Waals surface area contributed by atoms with E-state index in [9.17, 15) is 0 Å². The first-order valence-corrected chi connectivity index (χ1v) is 8.95. The molecule has 0 saturated carbocycles. The molecule has 1 saturated heterocycles. The Kier molecular flexibility index (Phi) is 4.41. The Bertz CT molecular complexity index is 753. The summed E-state index contributed by atoms with van der Waals surface area (Å²) >= 11 is 1.66. The van der Waals surface area contributed by atoms with E-state index in [1.807, 2.05) is 11.6 Å². The van der Waals surface area contributed by atoms with E-state index in [-0.39, 0.29) is 0 Å². The minimum Gasteiger partial charge on any atom is -0.464 e. The van der Waals surface area contributed by atoms with Crippen LogP contribution in [0.4, 0.5) is 0 Å². The van der Waals surface area contributed by atoms with Gasteiger partial charge in [0.15, 0.2) is 0 Å². The van der Waals surface area contributed by atoms with Crippen molar-refractivity contribution >= 4 is 22.3 Å². The van der Waals surface area contributed by atoms with Crippen molar-refractivity contribution in [3.8, 4) is 0 Å². The van der Waals surface area contributed by atoms with Crippen molar-refractivity contribution in [1.82, 2.24) is 9.88 Å². The van der Waals surface area contributed by atoms with Gasteiger partial charge in [0.25, 0.3) is 0 Å². The summed E-state index contributed by atoms with van der Waals surface area (Å²) in [6, 6.07) is 8.37. The summed E-state index contributed by atoms with van der Waals surface area (Å²) in [6.07, 6.45) is 2.79. The Morgan fingerprint density at radius 2 is 2.30 bits per heavy atom. The first-order valence-electron chi connectivity index (χ1n) is 8.01. The third-order valence-corrected chi connectivity index (χ3v) is 5.02. The fourth-order valence-corrected chi connectivity index (χ4v) is 3.86. The van der Waals surface area contributed by atoms with Crippen LogP contribution in [-0.2, 0) is 17.7 Å². The van der Waals surface area contributed by atoms with E-state index >= 15 is 0 Å². The molecule has 23 heavy (non-hydrogen) atoms. The van der Waals surface area contributed by atoms with Gasteiger partial charge in [-0.3, -0.25) is 4.90 Å². The van der Waals surface area contributed by atoms with E-state index < -0.39 is 0 Å². The van der Waals surface area contributed by atoms with Crippen LogP contribution in [0.2, 0.25) is 0 Å². The monoisotopic (exact) mass is 328 g/mol. The number of hydrogen-bond acceptors (Lipinski definition) is 5. The number of nitrogens with zero attached hydrogens (tertiary/aromatic N) is 2. The zero-order valence-corrected chi connectivity index (χ0v) is 13.8. The topological polar surface area (TPSA) is 38.5 Å². The number of benzene rings is 1. The summed E-state index contributed by atoms with van der Waals surface area (Å²) < 4.78 is 11.4. The lowest BCUT2D eigenvalue weighted by atomic mass is 9.97. The van der Waals surface area contributed by atoms with Crippen molar-refractivity contribution in [1.29, 1.82) is 0 Å². The highest BCUT2D eigenvalue weighted by Gasteiger charge is 2.20. The summed E-state index contributed by atoms with van der Waals surface area (Å²) in [4.78, 5) is 6.87. The van der Waals surface area contributed by atoms with Crippen LogP contribution in [0.15, 0.2) is 45.8 Å². The quantitative estimate of drug-likeness (QED) is 0.734. The highest BCUT2D eigenvalue weighted by Crippen LogP contribution is 2.24. The summed E-state index contributed by atoms with van der Waals surface area (Å²) in [6.45, 7) is 4.56. The molecule has 120 valence electrons. The normalized spacial score (nSPS) is 19.9. The number of rotatable bonds is 4. The maximum Gasteiger partial charge on any atom is 0.134 e. The van der Waals surface area contributed by atoms with Crippen LogP contribution in [0.1, 0.15) is 11.3 Å². The standard InChI is InChI=1S/C18H20N2O2S/c1-2-15(17-4-6-22-18(17)3-1)8-14-9-20(5-7-21-11-14)10-16-12-23-13-19-16/h1-4,6,12-14H,5,7-11H2. The lowest BCUT2D eigenvalue weighted by molar-refractivity contribution is 0.122. The Labute approximate surface area is 139 Å². The van der Waals surface area contributed by atoms with Gasteiger partial charge in [-0.05, 0) is 30.0 Å². The van der Waals surface area contributed by atoms with Crippen LogP contribution in [0.25, 0.3) is 11.0 Å². The maximum absolute atomic E-state index is 5.84. The fourth-order valence-electron chi connectivity index (χ4n) is 3.31. The highest BCUT2D eigenvalue weighted by atomic mass is 32.1. The largest absolute Gasteiger partial charge is 0.464 e. The molecule has 3 heterocycles. The molecular formula is C18H20N2O2S. The maximum atomic E-state index is 5.84. The molecule has 1 aromatic carbocycles. The van der Waals surface area contributed by atoms with Gasteiger partial charge in [0, 0.05) is 30.4 Å². The first-order chi connectivity index (χ1) is 11.4. The first kappa shape index (κ1) is 14.9. The van der Waals surface area contributed by atoms with Gasteiger partial charge in [-0.15, -0.1) is 11.3 Å². The molecule has 1 unspecified atom stereocenters. The average molecular weight is 328 g/mol. The Balaban J connectivity index is 1.48. The second kappa shape index (κ2) is 6.83. The van der Waals surface area contributed by atoms with Gasteiger partial charge < -0.3 is 9.15 Å². The number of hydrogen-bond donors (Lipinski definition) is 0. The van der Waals surface area contributed by atoms with Crippen LogP contribution in [0, 0.1) is 5.92 Å². The molecule has 1 aliphatic heterocycles. The van der Waals surface area contributed by atoms with Gasteiger partial charge in [0.2, 0.25) is 0 Å². The number of thiazole rings is 1. The van der Waals surface area contributed by atoms with Crippen molar-refractivity contribution in [3.63, 3.8) is 0 Å². The molecule has 0 amide bonds. The summed E-state index contributed by atoms with van der Waals surface area (Å²) in [5, 5.41) is 3.36. The van der Waals surface area contributed by atoms with Crippen molar-refractivity contribution in [2.24, 2.45) is 5.92 Å². The third-order valence-electron chi connectivity index (χ3n) is 4.39. The van der Waals surface area contributed by atoms with E-state index in [4.69, 9.17) is 9.15 Å². The summed E-state index contributed by atoms with van der Waals surface area (Å²) in [5.41, 5.74) is 5.38. The van der Waals surface area contributed by atoms with Crippen LogP contribution in [0.5, 0.6) is 0 Å². The summed E-state index contributed by atoms with van der Waals surface area (Å²) in [7, 11) is 0. The van der Waals surface area contributed by atoms with Crippen LogP contribution in [-0.4, -0.2) is 36.2 Å². The van der Waals surface area contributed by atoms with E-state index in [0.29, 0.717) is 5.92 Å². The van der Waals surface area contributed by atoms with E-state index in [1.54, 1.807) is 17.6 Å². The number of aromatic nitrogens is 1. The smallest absolute Gasteiger partial charge is 0.134 e. The van der Waals surface area contributed by atoms with Gasteiger partial charge in [0.1, 0.15) is 5.58 Å². The van der Waals surface area contributed by atoms with Crippen molar-refractivity contribution in [2.75, 3.05) is 26.3 Å². The van der Waals surface area contributed by atoms with Gasteiger partial charge in [-0.2, -0.15) is 0 Å². The second-order valence-corrected chi connectivity index (χ2v) is 6.83. The van der Waals surface area contributed by atoms with Gasteiger partial charge in [-0.1, -0.05) is 12.1 Å². The lowest BCUT2D eigenvalue weighted by Gasteiger charge is -2.22. The molecule has 1 fully saturated rings. The van der Waals surface area contributed by atoms with Crippen molar-refractivity contribution < 1.29 is 9.15 Å². The molecule has 0 N–H and O–H groups in total. The van der Waals surface area contributed by atoms with E-state index in [2.05, 4.69) is 33.5 Å². The molecule has 3 aromatic rings. The minimum atomic E-state index is 0.497. The Hall–Kier alpha value is -1.69. The predicted octanol–water partition coefficient (Wildman–Crippen LogP) is 3.58. The van der Waals surface area contributed by atoms with Gasteiger partial charge in [-0.25, -0.2) is 4.98 Å².